The Morgan fingerprint density at radius 1 is 1.14 bits per heavy atom. The molecule has 7 rings (SSSR count). The molecule has 3 saturated heterocycles. The normalized spacial score (nSPS) is 26.2. The summed E-state index contributed by atoms with van der Waals surface area (Å²) < 4.78 is 0. The first-order chi connectivity index (χ1) is 20.4. The van der Waals surface area contributed by atoms with Crippen LogP contribution in [0.15, 0.2) is 24.4 Å². The average Bonchev–Trinajstić information content (AvgIpc) is 3.70. The molecule has 0 aromatic carbocycles. The second kappa shape index (κ2) is 11.0. The van der Waals surface area contributed by atoms with Crippen molar-refractivity contribution in [1.29, 1.82) is 0 Å². The quantitative estimate of drug-likeness (QED) is 0.326. The van der Waals surface area contributed by atoms with Crippen LogP contribution in [0.1, 0.15) is 62.1 Å². The van der Waals surface area contributed by atoms with Crippen LogP contribution in [0.5, 0.6) is 0 Å². The molecule has 12 nitrogen and oxygen atoms in total. The van der Waals surface area contributed by atoms with E-state index >= 15 is 0 Å². The van der Waals surface area contributed by atoms with Gasteiger partial charge < -0.3 is 30.4 Å². The molecule has 3 fully saturated rings. The van der Waals surface area contributed by atoms with Gasteiger partial charge in [-0.3, -0.25) is 9.69 Å². The van der Waals surface area contributed by atoms with Crippen molar-refractivity contribution in [2.24, 2.45) is 0 Å². The molecule has 7 heterocycles. The largest absolute Gasteiger partial charge is 0.395 e. The molecule has 0 saturated carbocycles. The number of aliphatic hydroxyl groups excluding tert-OH is 3. The van der Waals surface area contributed by atoms with Crippen LogP contribution in [0.3, 0.4) is 0 Å². The summed E-state index contributed by atoms with van der Waals surface area (Å²) >= 11 is 0. The molecule has 3 aromatic heterocycles. The molecule has 4 aliphatic rings. The van der Waals surface area contributed by atoms with Gasteiger partial charge in [0.25, 0.3) is 0 Å². The van der Waals surface area contributed by atoms with E-state index in [-0.39, 0.29) is 12.5 Å². The summed E-state index contributed by atoms with van der Waals surface area (Å²) in [5.41, 5.74) is 3.33. The minimum absolute atomic E-state index is 0.00739. The van der Waals surface area contributed by atoms with Gasteiger partial charge >= 0.3 is 0 Å². The van der Waals surface area contributed by atoms with E-state index in [1.807, 2.05) is 28.0 Å². The van der Waals surface area contributed by atoms with Gasteiger partial charge in [0, 0.05) is 62.0 Å². The van der Waals surface area contributed by atoms with Gasteiger partial charge in [-0.2, -0.15) is 0 Å². The number of hydrogen-bond acceptors (Lipinski definition) is 11. The number of anilines is 3. The Bertz CT molecular complexity index is 1480. The first kappa shape index (κ1) is 27.4. The minimum atomic E-state index is -0.679. The number of pyridine rings is 2. The van der Waals surface area contributed by atoms with Crippen LogP contribution < -0.4 is 10.2 Å². The van der Waals surface area contributed by atoms with Gasteiger partial charge in [0.1, 0.15) is 11.3 Å². The smallest absolute Gasteiger partial charge is 0.240 e. The number of likely N-dealkylation sites (tertiary alicyclic amines) is 1. The van der Waals surface area contributed by atoms with Gasteiger partial charge in [-0.15, -0.1) is 0 Å². The Morgan fingerprint density at radius 3 is 2.67 bits per heavy atom. The van der Waals surface area contributed by atoms with Crippen LogP contribution in [0.25, 0.3) is 10.9 Å². The maximum Gasteiger partial charge on any atom is 0.240 e. The molecule has 222 valence electrons. The van der Waals surface area contributed by atoms with Crippen molar-refractivity contribution in [3.8, 4) is 0 Å². The number of aliphatic hydroxyl groups is 3. The lowest BCUT2D eigenvalue weighted by Crippen LogP contribution is -2.48. The monoisotopic (exact) mass is 574 g/mol. The second-order valence-electron chi connectivity index (χ2n) is 12.1. The fraction of sp³-hybridized carbons (Fsp3) is 0.567. The number of hydrogen-bond donors (Lipinski definition) is 4. The van der Waals surface area contributed by atoms with E-state index in [0.29, 0.717) is 68.6 Å². The lowest BCUT2D eigenvalue weighted by molar-refractivity contribution is -0.137. The highest BCUT2D eigenvalue weighted by Crippen LogP contribution is 2.42. The molecule has 0 aliphatic carbocycles. The molecule has 42 heavy (non-hydrogen) atoms. The molecule has 2 bridgehead atoms. The first-order valence-electron chi connectivity index (χ1n) is 15.1. The summed E-state index contributed by atoms with van der Waals surface area (Å²) in [4.78, 5) is 38.6. The molecular weight excluding hydrogens is 536 g/mol. The highest BCUT2D eigenvalue weighted by atomic mass is 16.3. The number of aromatic nitrogens is 4. The molecule has 0 unspecified atom stereocenters. The maximum atomic E-state index is 13.3. The fourth-order valence-electron chi connectivity index (χ4n) is 7.27. The summed E-state index contributed by atoms with van der Waals surface area (Å²) in [5.74, 6) is 1.89. The summed E-state index contributed by atoms with van der Waals surface area (Å²) in [6.07, 6.45) is 6.21. The molecule has 12 heteroatoms. The third-order valence-electron chi connectivity index (χ3n) is 9.35. The molecule has 3 atom stereocenters. The summed E-state index contributed by atoms with van der Waals surface area (Å²) in [7, 11) is 0. The highest BCUT2D eigenvalue weighted by Gasteiger charge is 2.41. The van der Waals surface area contributed by atoms with Crippen molar-refractivity contribution in [2.45, 2.75) is 82.3 Å². The zero-order valence-corrected chi connectivity index (χ0v) is 23.9. The Morgan fingerprint density at radius 2 is 1.93 bits per heavy atom. The van der Waals surface area contributed by atoms with Crippen LogP contribution in [-0.4, -0.2) is 101 Å². The van der Waals surface area contributed by atoms with Crippen molar-refractivity contribution in [3.63, 3.8) is 0 Å². The zero-order valence-electron chi connectivity index (χ0n) is 23.9. The van der Waals surface area contributed by atoms with Gasteiger partial charge in [0.05, 0.1) is 30.6 Å². The first-order valence-corrected chi connectivity index (χ1v) is 15.1. The zero-order chi connectivity index (χ0) is 29.0. The van der Waals surface area contributed by atoms with Crippen molar-refractivity contribution in [3.05, 3.63) is 41.3 Å². The Kier molecular flexibility index (Phi) is 7.17. The maximum absolute atomic E-state index is 13.3. The van der Waals surface area contributed by atoms with Crippen LogP contribution in [-0.2, 0) is 17.8 Å². The van der Waals surface area contributed by atoms with E-state index < -0.39 is 18.2 Å². The lowest BCUT2D eigenvalue weighted by atomic mass is 10.0. The van der Waals surface area contributed by atoms with Crippen LogP contribution in [0.4, 0.5) is 17.6 Å². The van der Waals surface area contributed by atoms with E-state index in [0.717, 1.165) is 53.7 Å². The molecule has 4 N–H and O–H groups in total. The number of β-amino-alcohol motifs (C(OH)–C–C–N with tert-alkyl or cyclic N) is 2. The van der Waals surface area contributed by atoms with E-state index in [4.69, 9.17) is 15.0 Å². The number of amides is 1. The third kappa shape index (κ3) is 4.96. The standard InChI is InChI=1S/C30H38N8O4/c1-17(40)24-12-19-14-31-30(35-27(19)28(33-24)38-20-3-4-21(38)6-5-20)34-26-7-2-18-15-37(9-8-23(18)32-26)29(42)25-13-22(41)16-36(25)10-11-39/h2,7,12,14,17,20-22,25,39-41H,3-6,8-11,13,15-16H2,1H3,(H,31,32,34,35)/t17-,20?,21?,22+,25+/m1/s1. The Hall–Kier alpha value is -3.45. The number of nitrogens with one attached hydrogen (secondary N) is 1. The fourth-order valence-corrected chi connectivity index (χ4v) is 7.27. The number of fused-ring (bicyclic) bond motifs is 4. The van der Waals surface area contributed by atoms with E-state index in [1.165, 1.54) is 0 Å². The number of carbonyl (C=O) groups is 1. The lowest BCUT2D eigenvalue weighted by Gasteiger charge is -2.33. The van der Waals surface area contributed by atoms with Gasteiger partial charge in [-0.25, -0.2) is 19.9 Å². The van der Waals surface area contributed by atoms with Gasteiger partial charge in [-0.1, -0.05) is 6.07 Å². The second-order valence-corrected chi connectivity index (χ2v) is 12.1. The number of nitrogens with zero attached hydrogens (tertiary/aromatic N) is 7. The number of carbonyl (C=O) groups excluding carboxylic acids is 1. The highest BCUT2D eigenvalue weighted by molar-refractivity contribution is 5.90. The van der Waals surface area contributed by atoms with Gasteiger partial charge in [0.2, 0.25) is 11.9 Å². The van der Waals surface area contributed by atoms with E-state index in [2.05, 4.69) is 15.2 Å². The molecule has 3 aromatic rings. The predicted octanol–water partition coefficient (Wildman–Crippen LogP) is 1.66. The van der Waals surface area contributed by atoms with Crippen molar-refractivity contribution in [1.82, 2.24) is 29.7 Å². The van der Waals surface area contributed by atoms with Crippen LogP contribution >= 0.6 is 0 Å². The van der Waals surface area contributed by atoms with Crippen LogP contribution in [0, 0.1) is 0 Å². The Labute approximate surface area is 244 Å². The summed E-state index contributed by atoms with van der Waals surface area (Å²) in [6.45, 7) is 3.49. The predicted molar refractivity (Wildman–Crippen MR) is 156 cm³/mol. The topological polar surface area (TPSA) is 151 Å². The SMILES string of the molecule is C[C@@H](O)c1cc2cnc(Nc3ccc4c(n3)CCN(C(=O)[C@@H]3C[C@H](O)CN3CCO)C4)nc2c(N2C3CCC2CC3)n1. The molecule has 4 aliphatic heterocycles. The molecule has 0 spiro atoms. The third-order valence-corrected chi connectivity index (χ3v) is 9.35. The molecular formula is C30H38N8O4. The van der Waals surface area contributed by atoms with E-state index in [9.17, 15) is 20.1 Å². The minimum Gasteiger partial charge on any atom is -0.395 e. The van der Waals surface area contributed by atoms with Crippen molar-refractivity contribution >= 4 is 34.4 Å². The summed E-state index contributed by atoms with van der Waals surface area (Å²) in [5, 5.41) is 33.9. The van der Waals surface area contributed by atoms with Gasteiger partial charge in [-0.05, 0) is 56.7 Å². The molecule has 0 radical (unpaired) electrons. The van der Waals surface area contributed by atoms with Crippen molar-refractivity contribution in [2.75, 3.05) is 36.5 Å². The van der Waals surface area contributed by atoms with Gasteiger partial charge in [0.15, 0.2) is 5.82 Å². The number of rotatable bonds is 7. The Balaban J connectivity index is 1.11. The summed E-state index contributed by atoms with van der Waals surface area (Å²) in [6, 6.07) is 6.26. The van der Waals surface area contributed by atoms with Crippen LogP contribution in [0.2, 0.25) is 0 Å². The van der Waals surface area contributed by atoms with E-state index in [1.54, 1.807) is 13.1 Å². The molecule has 1 amide bonds. The average molecular weight is 575 g/mol. The van der Waals surface area contributed by atoms with Crippen molar-refractivity contribution < 1.29 is 20.1 Å².